The molecule has 2 rings (SSSR count). The smallest absolute Gasteiger partial charge is 0.0417 e. The van der Waals surface area contributed by atoms with E-state index in [-0.39, 0.29) is 0 Å². The van der Waals surface area contributed by atoms with Crippen molar-refractivity contribution < 1.29 is 0 Å². The molecule has 1 aliphatic carbocycles. The SMILES string of the molecule is NC(CSc1cccc(Cl)c1)CC1CC1. The van der Waals surface area contributed by atoms with Crippen LogP contribution in [-0.2, 0) is 0 Å². The summed E-state index contributed by atoms with van der Waals surface area (Å²) in [7, 11) is 0. The number of hydrogen-bond donors (Lipinski definition) is 1. The summed E-state index contributed by atoms with van der Waals surface area (Å²) in [6.45, 7) is 0. The summed E-state index contributed by atoms with van der Waals surface area (Å²) in [6, 6.07) is 8.30. The number of thioether (sulfide) groups is 1. The second-order valence-corrected chi connectivity index (χ2v) is 5.74. The summed E-state index contributed by atoms with van der Waals surface area (Å²) in [5.74, 6) is 1.91. The van der Waals surface area contributed by atoms with E-state index in [2.05, 4.69) is 6.07 Å². The molecular weight excluding hydrogens is 226 g/mol. The Bertz CT molecular complexity index is 325. The molecule has 1 unspecified atom stereocenters. The van der Waals surface area contributed by atoms with Crippen molar-refractivity contribution in [2.45, 2.75) is 30.2 Å². The molecule has 15 heavy (non-hydrogen) atoms. The molecule has 0 aromatic heterocycles. The second kappa shape index (κ2) is 5.24. The second-order valence-electron chi connectivity index (χ2n) is 4.21. The van der Waals surface area contributed by atoms with Crippen molar-refractivity contribution in [3.63, 3.8) is 0 Å². The van der Waals surface area contributed by atoms with Crippen molar-refractivity contribution in [3.05, 3.63) is 29.3 Å². The monoisotopic (exact) mass is 241 g/mol. The molecular formula is C12H16ClNS. The first-order chi connectivity index (χ1) is 7.24. The van der Waals surface area contributed by atoms with Crippen molar-refractivity contribution in [2.75, 3.05) is 5.75 Å². The third kappa shape index (κ3) is 4.06. The molecule has 0 spiro atoms. The van der Waals surface area contributed by atoms with Gasteiger partial charge >= 0.3 is 0 Å². The standard InChI is InChI=1S/C12H16ClNS/c13-10-2-1-3-12(7-10)15-8-11(14)6-9-4-5-9/h1-3,7,9,11H,4-6,8,14H2. The Morgan fingerprint density at radius 1 is 1.47 bits per heavy atom. The van der Waals surface area contributed by atoms with Gasteiger partial charge in [-0.25, -0.2) is 0 Å². The topological polar surface area (TPSA) is 26.0 Å². The van der Waals surface area contributed by atoms with Gasteiger partial charge in [-0.1, -0.05) is 30.5 Å². The van der Waals surface area contributed by atoms with E-state index < -0.39 is 0 Å². The van der Waals surface area contributed by atoms with Gasteiger partial charge in [0, 0.05) is 21.7 Å². The Hall–Kier alpha value is -0.180. The quantitative estimate of drug-likeness (QED) is 0.798. The van der Waals surface area contributed by atoms with Gasteiger partial charge in [0.15, 0.2) is 0 Å². The Kier molecular flexibility index (Phi) is 3.95. The molecule has 1 aliphatic rings. The predicted molar refractivity (Wildman–Crippen MR) is 67.5 cm³/mol. The largest absolute Gasteiger partial charge is 0.327 e. The van der Waals surface area contributed by atoms with Crippen molar-refractivity contribution in [1.82, 2.24) is 0 Å². The van der Waals surface area contributed by atoms with Crippen LogP contribution in [0.15, 0.2) is 29.2 Å². The summed E-state index contributed by atoms with van der Waals surface area (Å²) >= 11 is 7.71. The zero-order valence-electron chi connectivity index (χ0n) is 8.66. The normalized spacial score (nSPS) is 17.7. The molecule has 0 bridgehead atoms. The summed E-state index contributed by atoms with van der Waals surface area (Å²) in [6.07, 6.45) is 3.96. The Labute approximate surface area is 100 Å². The van der Waals surface area contributed by atoms with Crippen LogP contribution in [0.4, 0.5) is 0 Å². The van der Waals surface area contributed by atoms with Crippen LogP contribution < -0.4 is 5.73 Å². The average Bonchev–Trinajstić information content (AvgIpc) is 2.99. The van der Waals surface area contributed by atoms with E-state index >= 15 is 0 Å². The average molecular weight is 242 g/mol. The maximum absolute atomic E-state index is 6.05. The Morgan fingerprint density at radius 3 is 2.93 bits per heavy atom. The van der Waals surface area contributed by atoms with E-state index in [9.17, 15) is 0 Å². The fourth-order valence-corrected chi connectivity index (χ4v) is 2.79. The molecule has 82 valence electrons. The zero-order valence-corrected chi connectivity index (χ0v) is 10.2. The van der Waals surface area contributed by atoms with Crippen molar-refractivity contribution in [3.8, 4) is 0 Å². The molecule has 3 heteroatoms. The van der Waals surface area contributed by atoms with Gasteiger partial charge < -0.3 is 5.73 Å². The minimum Gasteiger partial charge on any atom is -0.327 e. The molecule has 1 aromatic carbocycles. The fourth-order valence-electron chi connectivity index (χ4n) is 1.61. The van der Waals surface area contributed by atoms with Crippen LogP contribution in [0.25, 0.3) is 0 Å². The van der Waals surface area contributed by atoms with E-state index in [1.165, 1.54) is 24.2 Å². The maximum Gasteiger partial charge on any atom is 0.0417 e. The predicted octanol–water partition coefficient (Wildman–Crippen LogP) is 3.56. The summed E-state index contributed by atoms with van der Waals surface area (Å²) in [5.41, 5.74) is 6.05. The van der Waals surface area contributed by atoms with E-state index in [4.69, 9.17) is 17.3 Å². The minimum atomic E-state index is 0.335. The lowest BCUT2D eigenvalue weighted by Crippen LogP contribution is -2.23. The van der Waals surface area contributed by atoms with Crippen LogP contribution in [-0.4, -0.2) is 11.8 Å². The minimum absolute atomic E-state index is 0.335. The first kappa shape index (κ1) is 11.3. The Balaban J connectivity index is 1.76. The van der Waals surface area contributed by atoms with Crippen LogP contribution in [0.1, 0.15) is 19.3 Å². The van der Waals surface area contributed by atoms with Gasteiger partial charge in [0.1, 0.15) is 0 Å². The van der Waals surface area contributed by atoms with E-state index in [0.717, 1.165) is 16.7 Å². The lowest BCUT2D eigenvalue weighted by molar-refractivity contribution is 0.617. The highest BCUT2D eigenvalue weighted by Crippen LogP contribution is 2.34. The number of rotatable bonds is 5. The zero-order chi connectivity index (χ0) is 10.7. The number of halogens is 1. The summed E-state index contributed by atoms with van der Waals surface area (Å²) in [4.78, 5) is 1.22. The van der Waals surface area contributed by atoms with E-state index in [1.807, 2.05) is 18.2 Å². The molecule has 0 amide bonds. The number of hydrogen-bond acceptors (Lipinski definition) is 2. The number of benzene rings is 1. The molecule has 1 fully saturated rings. The van der Waals surface area contributed by atoms with E-state index in [1.54, 1.807) is 11.8 Å². The number of nitrogens with two attached hydrogens (primary N) is 1. The highest BCUT2D eigenvalue weighted by Gasteiger charge is 2.23. The third-order valence-electron chi connectivity index (χ3n) is 2.59. The van der Waals surface area contributed by atoms with Gasteiger partial charge in [0.2, 0.25) is 0 Å². The molecule has 0 radical (unpaired) electrons. The van der Waals surface area contributed by atoms with Crippen LogP contribution in [0.5, 0.6) is 0 Å². The molecule has 0 saturated heterocycles. The molecule has 1 saturated carbocycles. The van der Waals surface area contributed by atoms with Gasteiger partial charge in [0.05, 0.1) is 0 Å². The fraction of sp³-hybridized carbons (Fsp3) is 0.500. The first-order valence-electron chi connectivity index (χ1n) is 5.38. The molecule has 1 nitrogen and oxygen atoms in total. The van der Waals surface area contributed by atoms with Gasteiger partial charge in [-0.3, -0.25) is 0 Å². The molecule has 0 heterocycles. The molecule has 2 N–H and O–H groups in total. The molecule has 1 atom stereocenters. The third-order valence-corrected chi connectivity index (χ3v) is 4.01. The van der Waals surface area contributed by atoms with Gasteiger partial charge in [-0.15, -0.1) is 11.8 Å². The lowest BCUT2D eigenvalue weighted by Gasteiger charge is -2.10. The first-order valence-corrected chi connectivity index (χ1v) is 6.74. The highest BCUT2D eigenvalue weighted by atomic mass is 35.5. The van der Waals surface area contributed by atoms with Crippen LogP contribution in [0, 0.1) is 5.92 Å². The van der Waals surface area contributed by atoms with Gasteiger partial charge in [-0.05, 0) is 30.5 Å². The van der Waals surface area contributed by atoms with Crippen molar-refractivity contribution in [1.29, 1.82) is 0 Å². The summed E-state index contributed by atoms with van der Waals surface area (Å²) in [5, 5.41) is 0.802. The van der Waals surface area contributed by atoms with Crippen molar-refractivity contribution >= 4 is 23.4 Å². The maximum atomic E-state index is 6.05. The van der Waals surface area contributed by atoms with Gasteiger partial charge in [0.25, 0.3) is 0 Å². The van der Waals surface area contributed by atoms with Crippen LogP contribution >= 0.6 is 23.4 Å². The molecule has 0 aliphatic heterocycles. The van der Waals surface area contributed by atoms with Crippen LogP contribution in [0.2, 0.25) is 5.02 Å². The van der Waals surface area contributed by atoms with E-state index in [0.29, 0.717) is 6.04 Å². The Morgan fingerprint density at radius 2 is 2.27 bits per heavy atom. The molecule has 1 aromatic rings. The van der Waals surface area contributed by atoms with Gasteiger partial charge in [-0.2, -0.15) is 0 Å². The highest BCUT2D eigenvalue weighted by molar-refractivity contribution is 7.99. The van der Waals surface area contributed by atoms with Crippen LogP contribution in [0.3, 0.4) is 0 Å². The lowest BCUT2D eigenvalue weighted by atomic mass is 10.2. The summed E-state index contributed by atoms with van der Waals surface area (Å²) < 4.78 is 0. The van der Waals surface area contributed by atoms with Crippen molar-refractivity contribution in [2.24, 2.45) is 11.7 Å².